The molecule has 0 atom stereocenters. The van der Waals surface area contributed by atoms with Gasteiger partial charge < -0.3 is 0 Å². The van der Waals surface area contributed by atoms with Crippen LogP contribution in [0, 0.1) is 13.8 Å². The van der Waals surface area contributed by atoms with Gasteiger partial charge in [0.25, 0.3) is 5.91 Å². The number of benzene rings is 2. The van der Waals surface area contributed by atoms with Gasteiger partial charge in [-0.1, -0.05) is 53.8 Å². The molecule has 5 rings (SSSR count). The van der Waals surface area contributed by atoms with Crippen LogP contribution in [0.3, 0.4) is 0 Å². The highest BCUT2D eigenvalue weighted by atomic mass is 32.1. The van der Waals surface area contributed by atoms with Crippen molar-refractivity contribution in [1.29, 1.82) is 0 Å². The number of imidazole rings is 1. The Kier molecular flexibility index (Phi) is 5.96. The predicted octanol–water partition coefficient (Wildman–Crippen LogP) is 6.12. The van der Waals surface area contributed by atoms with Crippen LogP contribution in [0.5, 0.6) is 0 Å². The third-order valence-electron chi connectivity index (χ3n) is 5.48. The summed E-state index contributed by atoms with van der Waals surface area (Å²) in [5.74, 6) is -0.295. The van der Waals surface area contributed by atoms with Crippen molar-refractivity contribution in [2.45, 2.75) is 20.4 Å². The number of hydrogen-bond acceptors (Lipinski definition) is 5. The first kappa shape index (κ1) is 22.6. The number of alkyl halides is 2. The number of nitrogens with zero attached hydrogens (tertiary/aromatic N) is 5. The molecule has 0 unspecified atom stereocenters. The molecule has 176 valence electrons. The van der Waals surface area contributed by atoms with Crippen LogP contribution in [0.2, 0.25) is 0 Å². The number of carbonyl (C=O) groups is 1. The van der Waals surface area contributed by atoms with E-state index in [0.717, 1.165) is 32.7 Å². The normalized spacial score (nSPS) is 11.2. The third kappa shape index (κ3) is 4.35. The minimum Gasteiger partial charge on any atom is -0.298 e. The number of nitrogens with one attached hydrogen (secondary N) is 1. The van der Waals surface area contributed by atoms with E-state index in [1.165, 1.54) is 12.4 Å². The summed E-state index contributed by atoms with van der Waals surface area (Å²) in [6.45, 7) is 0.922. The molecule has 0 fully saturated rings. The Balaban J connectivity index is 1.52. The number of anilines is 1. The average Bonchev–Trinajstić information content (AvgIpc) is 3.58. The van der Waals surface area contributed by atoms with E-state index in [4.69, 9.17) is 5.10 Å². The van der Waals surface area contributed by atoms with Gasteiger partial charge in [-0.25, -0.2) is 14.6 Å². The van der Waals surface area contributed by atoms with Crippen molar-refractivity contribution >= 4 is 22.4 Å². The van der Waals surface area contributed by atoms with E-state index in [-0.39, 0.29) is 11.0 Å². The van der Waals surface area contributed by atoms with Gasteiger partial charge in [-0.05, 0) is 31.5 Å². The first-order valence-corrected chi connectivity index (χ1v) is 11.5. The summed E-state index contributed by atoms with van der Waals surface area (Å²) in [7, 11) is 0. The molecule has 2 aromatic carbocycles. The van der Waals surface area contributed by atoms with Crippen LogP contribution in [0.15, 0.2) is 73.2 Å². The SMILES string of the molecule is Cc1ccccc1-c1nn(-c2ccccc2)cc1C(=O)Nc1nc(C)c(-c2nccn2C(F)F)s1. The van der Waals surface area contributed by atoms with Crippen molar-refractivity contribution in [3.63, 3.8) is 0 Å². The number of amides is 1. The molecule has 0 bridgehead atoms. The lowest BCUT2D eigenvalue weighted by Gasteiger charge is -2.05. The Morgan fingerprint density at radius 2 is 1.80 bits per heavy atom. The Morgan fingerprint density at radius 3 is 2.54 bits per heavy atom. The number of thiazole rings is 1. The molecule has 1 N–H and O–H groups in total. The molecule has 0 aliphatic rings. The summed E-state index contributed by atoms with van der Waals surface area (Å²) in [6, 6.07) is 17.2. The molecule has 10 heteroatoms. The maximum Gasteiger partial charge on any atom is 0.320 e. The number of aryl methyl sites for hydroxylation is 2. The number of hydrogen-bond donors (Lipinski definition) is 1. The minimum absolute atomic E-state index is 0.105. The molecule has 3 heterocycles. The van der Waals surface area contributed by atoms with E-state index < -0.39 is 12.5 Å². The van der Waals surface area contributed by atoms with Gasteiger partial charge in [0.15, 0.2) is 11.0 Å². The molecule has 1 amide bonds. The molecular formula is C25H20F2N6OS. The van der Waals surface area contributed by atoms with Gasteiger partial charge in [-0.3, -0.25) is 14.7 Å². The van der Waals surface area contributed by atoms with Crippen LogP contribution in [-0.2, 0) is 0 Å². The molecule has 0 radical (unpaired) electrons. The standard InChI is InChI=1S/C25H20F2N6OS/c1-15-8-6-7-11-18(15)20-19(14-33(31-20)17-9-4-3-5-10-17)23(34)30-25-29-16(2)21(35-25)22-28-12-13-32(22)24(26)27/h3-14,24H,1-2H3,(H,29,30,34). The van der Waals surface area contributed by atoms with Crippen LogP contribution in [0.1, 0.15) is 28.2 Å². The second-order valence-corrected chi connectivity index (χ2v) is 8.81. The number of aromatic nitrogens is 5. The van der Waals surface area contributed by atoms with Crippen molar-refractivity contribution in [3.8, 4) is 27.6 Å². The largest absolute Gasteiger partial charge is 0.320 e. The van der Waals surface area contributed by atoms with Gasteiger partial charge >= 0.3 is 6.55 Å². The third-order valence-corrected chi connectivity index (χ3v) is 6.55. The van der Waals surface area contributed by atoms with E-state index in [1.54, 1.807) is 17.8 Å². The monoisotopic (exact) mass is 490 g/mol. The fourth-order valence-corrected chi connectivity index (χ4v) is 4.72. The van der Waals surface area contributed by atoms with Gasteiger partial charge in [-0.15, -0.1) is 0 Å². The van der Waals surface area contributed by atoms with Gasteiger partial charge in [0, 0.05) is 24.2 Å². The Labute approximate surface area is 203 Å². The predicted molar refractivity (Wildman–Crippen MR) is 131 cm³/mol. The van der Waals surface area contributed by atoms with Crippen molar-refractivity contribution < 1.29 is 13.6 Å². The highest BCUT2D eigenvalue weighted by Crippen LogP contribution is 2.34. The van der Waals surface area contributed by atoms with Crippen LogP contribution < -0.4 is 5.32 Å². The maximum absolute atomic E-state index is 13.4. The molecule has 0 spiro atoms. The summed E-state index contributed by atoms with van der Waals surface area (Å²) >= 11 is 1.09. The highest BCUT2D eigenvalue weighted by molar-refractivity contribution is 7.19. The molecular weight excluding hydrogens is 470 g/mol. The van der Waals surface area contributed by atoms with Crippen molar-refractivity contribution in [2.24, 2.45) is 0 Å². The summed E-state index contributed by atoms with van der Waals surface area (Å²) in [5.41, 5.74) is 4.02. The zero-order chi connectivity index (χ0) is 24.5. The summed E-state index contributed by atoms with van der Waals surface area (Å²) in [5, 5.41) is 7.81. The van der Waals surface area contributed by atoms with Crippen LogP contribution >= 0.6 is 11.3 Å². The van der Waals surface area contributed by atoms with Gasteiger partial charge in [0.05, 0.1) is 21.8 Å². The second kappa shape index (κ2) is 9.22. The van der Waals surface area contributed by atoms with Gasteiger partial charge in [0.1, 0.15) is 5.69 Å². The summed E-state index contributed by atoms with van der Waals surface area (Å²) in [6.07, 6.45) is 4.20. The molecule has 7 nitrogen and oxygen atoms in total. The Morgan fingerprint density at radius 1 is 1.06 bits per heavy atom. The first-order chi connectivity index (χ1) is 16.9. The number of rotatable bonds is 6. The van der Waals surface area contributed by atoms with Crippen molar-refractivity contribution in [1.82, 2.24) is 24.3 Å². The number of halogens is 2. The van der Waals surface area contributed by atoms with Crippen LogP contribution in [0.25, 0.3) is 27.6 Å². The molecule has 35 heavy (non-hydrogen) atoms. The molecule has 0 aliphatic heterocycles. The van der Waals surface area contributed by atoms with E-state index in [2.05, 4.69) is 15.3 Å². The summed E-state index contributed by atoms with van der Waals surface area (Å²) < 4.78 is 29.1. The van der Waals surface area contributed by atoms with Crippen molar-refractivity contribution in [3.05, 3.63) is 90.0 Å². The average molecular weight is 491 g/mol. The molecule has 5 aromatic rings. The highest BCUT2D eigenvalue weighted by Gasteiger charge is 2.23. The van der Waals surface area contributed by atoms with E-state index in [9.17, 15) is 13.6 Å². The lowest BCUT2D eigenvalue weighted by Crippen LogP contribution is -2.12. The van der Waals surface area contributed by atoms with Crippen molar-refractivity contribution in [2.75, 3.05) is 5.32 Å². The zero-order valence-corrected chi connectivity index (χ0v) is 19.6. The number of carbonyl (C=O) groups excluding carboxylic acids is 1. The van der Waals surface area contributed by atoms with Gasteiger partial charge in [0.2, 0.25) is 0 Å². The van der Waals surface area contributed by atoms with E-state index in [0.29, 0.717) is 21.8 Å². The Bertz CT molecular complexity index is 1510. The first-order valence-electron chi connectivity index (χ1n) is 10.7. The second-order valence-electron chi connectivity index (χ2n) is 7.81. The molecule has 0 saturated heterocycles. The fraction of sp³-hybridized carbons (Fsp3) is 0.120. The smallest absolute Gasteiger partial charge is 0.298 e. The minimum atomic E-state index is -2.73. The maximum atomic E-state index is 13.4. The summed E-state index contributed by atoms with van der Waals surface area (Å²) in [4.78, 5) is 22.3. The van der Waals surface area contributed by atoms with Gasteiger partial charge in [-0.2, -0.15) is 13.9 Å². The van der Waals surface area contributed by atoms with E-state index in [1.807, 2.05) is 61.5 Å². The fourth-order valence-electron chi connectivity index (χ4n) is 3.76. The topological polar surface area (TPSA) is 77.6 Å². The Hall–Kier alpha value is -4.18. The van der Waals surface area contributed by atoms with Crippen LogP contribution in [-0.4, -0.2) is 30.2 Å². The van der Waals surface area contributed by atoms with Crippen LogP contribution in [0.4, 0.5) is 13.9 Å². The lowest BCUT2D eigenvalue weighted by molar-refractivity contribution is 0.0720. The molecule has 0 aliphatic carbocycles. The molecule has 0 saturated carbocycles. The molecule has 3 aromatic heterocycles. The van der Waals surface area contributed by atoms with E-state index >= 15 is 0 Å². The quantitative estimate of drug-likeness (QED) is 0.311. The zero-order valence-electron chi connectivity index (χ0n) is 18.8. The lowest BCUT2D eigenvalue weighted by atomic mass is 10.0. The number of para-hydroxylation sites is 1.